The van der Waals surface area contributed by atoms with Gasteiger partial charge in [-0.25, -0.2) is 17.6 Å². The molecule has 22 heavy (non-hydrogen) atoms. The Morgan fingerprint density at radius 1 is 0.909 bits per heavy atom. The summed E-state index contributed by atoms with van der Waals surface area (Å²) in [6.07, 6.45) is -0.0319. The van der Waals surface area contributed by atoms with E-state index in [1.165, 1.54) is 6.07 Å². The van der Waals surface area contributed by atoms with E-state index in [0.717, 1.165) is 24.3 Å². The van der Waals surface area contributed by atoms with E-state index < -0.39 is 29.2 Å². The van der Waals surface area contributed by atoms with Gasteiger partial charge in [0, 0.05) is 24.7 Å². The molecule has 2 N–H and O–H groups in total. The summed E-state index contributed by atoms with van der Waals surface area (Å²) in [5.41, 5.74) is 0.193. The summed E-state index contributed by atoms with van der Waals surface area (Å²) in [6, 6.07) is 6.06. The van der Waals surface area contributed by atoms with E-state index in [-0.39, 0.29) is 18.7 Å². The molecule has 0 atom stereocenters. The molecule has 0 bridgehead atoms. The summed E-state index contributed by atoms with van der Waals surface area (Å²) in [4.78, 5) is 11.6. The molecule has 0 saturated heterocycles. The maximum absolute atomic E-state index is 13.3. The SMILES string of the molecule is O=C(CCNc1ccc(F)c(F)c1)Nc1ccc(F)cc1F. The number of hydrogen-bond donors (Lipinski definition) is 2. The number of amides is 1. The molecule has 0 aromatic heterocycles. The first-order valence-corrected chi connectivity index (χ1v) is 6.39. The molecule has 116 valence electrons. The third kappa shape index (κ3) is 4.21. The summed E-state index contributed by atoms with van der Waals surface area (Å²) in [5.74, 6) is -4.07. The van der Waals surface area contributed by atoms with Crippen molar-refractivity contribution in [3.05, 3.63) is 59.7 Å². The zero-order valence-electron chi connectivity index (χ0n) is 11.3. The van der Waals surface area contributed by atoms with E-state index in [1.54, 1.807) is 0 Å². The molecule has 0 radical (unpaired) electrons. The van der Waals surface area contributed by atoms with Crippen molar-refractivity contribution >= 4 is 17.3 Å². The van der Waals surface area contributed by atoms with Crippen LogP contribution in [0.15, 0.2) is 36.4 Å². The van der Waals surface area contributed by atoms with Gasteiger partial charge in [0.25, 0.3) is 0 Å². The van der Waals surface area contributed by atoms with Gasteiger partial charge in [0.2, 0.25) is 5.91 Å². The maximum Gasteiger partial charge on any atom is 0.226 e. The summed E-state index contributed by atoms with van der Waals surface area (Å²) in [5, 5.41) is 5.02. The quantitative estimate of drug-likeness (QED) is 0.827. The molecule has 0 spiro atoms. The fourth-order valence-electron chi connectivity index (χ4n) is 1.73. The molecule has 2 aromatic rings. The summed E-state index contributed by atoms with van der Waals surface area (Å²) in [6.45, 7) is 0.139. The van der Waals surface area contributed by atoms with E-state index in [4.69, 9.17) is 0 Å². The van der Waals surface area contributed by atoms with Crippen molar-refractivity contribution in [3.63, 3.8) is 0 Å². The zero-order valence-corrected chi connectivity index (χ0v) is 11.3. The normalized spacial score (nSPS) is 10.4. The Kier molecular flexibility index (Phi) is 4.98. The summed E-state index contributed by atoms with van der Waals surface area (Å²) in [7, 11) is 0. The second kappa shape index (κ2) is 6.93. The molecular weight excluding hydrogens is 300 g/mol. The minimum Gasteiger partial charge on any atom is -0.384 e. The van der Waals surface area contributed by atoms with Gasteiger partial charge in [-0.2, -0.15) is 0 Å². The smallest absolute Gasteiger partial charge is 0.226 e. The summed E-state index contributed by atoms with van der Waals surface area (Å²) >= 11 is 0. The molecule has 2 aromatic carbocycles. The second-order valence-electron chi connectivity index (χ2n) is 4.48. The minimum atomic E-state index is -0.997. The first-order valence-electron chi connectivity index (χ1n) is 6.39. The predicted molar refractivity (Wildman–Crippen MR) is 74.5 cm³/mol. The van der Waals surface area contributed by atoms with Crippen molar-refractivity contribution < 1.29 is 22.4 Å². The molecular formula is C15H12F4N2O. The monoisotopic (exact) mass is 312 g/mol. The molecule has 7 heteroatoms. The fraction of sp³-hybridized carbons (Fsp3) is 0.133. The second-order valence-corrected chi connectivity index (χ2v) is 4.48. The molecule has 0 saturated carbocycles. The Labute approximate surface area is 124 Å². The highest BCUT2D eigenvalue weighted by Crippen LogP contribution is 2.15. The molecule has 0 fully saturated rings. The van der Waals surface area contributed by atoms with Crippen molar-refractivity contribution in [2.24, 2.45) is 0 Å². The van der Waals surface area contributed by atoms with E-state index in [0.29, 0.717) is 11.8 Å². The van der Waals surface area contributed by atoms with Crippen molar-refractivity contribution in [1.82, 2.24) is 0 Å². The molecule has 1 amide bonds. The number of hydrogen-bond acceptors (Lipinski definition) is 2. The van der Waals surface area contributed by atoms with E-state index in [1.807, 2.05) is 0 Å². The lowest BCUT2D eigenvalue weighted by Crippen LogP contribution is -2.17. The highest BCUT2D eigenvalue weighted by molar-refractivity contribution is 5.91. The average molecular weight is 312 g/mol. The Balaban J connectivity index is 1.83. The first kappa shape index (κ1) is 15.8. The van der Waals surface area contributed by atoms with E-state index >= 15 is 0 Å². The third-order valence-electron chi connectivity index (χ3n) is 2.81. The lowest BCUT2D eigenvalue weighted by Gasteiger charge is -2.08. The van der Waals surface area contributed by atoms with Crippen LogP contribution in [0.1, 0.15) is 6.42 Å². The van der Waals surface area contributed by atoms with Gasteiger partial charge >= 0.3 is 0 Å². The summed E-state index contributed by atoms with van der Waals surface area (Å²) < 4.78 is 51.7. The van der Waals surface area contributed by atoms with Crippen LogP contribution in [-0.4, -0.2) is 12.5 Å². The van der Waals surface area contributed by atoms with E-state index in [2.05, 4.69) is 10.6 Å². The van der Waals surface area contributed by atoms with Crippen LogP contribution in [0.5, 0.6) is 0 Å². The number of carbonyl (C=O) groups excluding carboxylic acids is 1. The van der Waals surface area contributed by atoms with Gasteiger partial charge in [0.05, 0.1) is 5.69 Å². The number of rotatable bonds is 5. The van der Waals surface area contributed by atoms with Gasteiger partial charge in [-0.1, -0.05) is 0 Å². The number of anilines is 2. The van der Waals surface area contributed by atoms with Gasteiger partial charge in [-0.3, -0.25) is 4.79 Å². The van der Waals surface area contributed by atoms with Crippen LogP contribution < -0.4 is 10.6 Å². The predicted octanol–water partition coefficient (Wildman–Crippen LogP) is 3.68. The van der Waals surface area contributed by atoms with Crippen LogP contribution in [0.3, 0.4) is 0 Å². The highest BCUT2D eigenvalue weighted by atomic mass is 19.2. The Morgan fingerprint density at radius 2 is 1.68 bits per heavy atom. The molecule has 2 rings (SSSR count). The van der Waals surface area contributed by atoms with Crippen molar-refractivity contribution in [1.29, 1.82) is 0 Å². The number of halogens is 4. The minimum absolute atomic E-state index is 0.0319. The Morgan fingerprint density at radius 3 is 2.36 bits per heavy atom. The molecule has 3 nitrogen and oxygen atoms in total. The van der Waals surface area contributed by atoms with Crippen LogP contribution in [0.4, 0.5) is 28.9 Å². The van der Waals surface area contributed by atoms with Gasteiger partial charge < -0.3 is 10.6 Å². The lowest BCUT2D eigenvalue weighted by molar-refractivity contribution is -0.116. The van der Waals surface area contributed by atoms with E-state index in [9.17, 15) is 22.4 Å². The third-order valence-corrected chi connectivity index (χ3v) is 2.81. The largest absolute Gasteiger partial charge is 0.384 e. The van der Waals surface area contributed by atoms with Crippen molar-refractivity contribution in [2.45, 2.75) is 6.42 Å². The fourth-order valence-corrected chi connectivity index (χ4v) is 1.73. The van der Waals surface area contributed by atoms with Gasteiger partial charge in [-0.15, -0.1) is 0 Å². The Hall–Kier alpha value is -2.57. The van der Waals surface area contributed by atoms with Crippen LogP contribution in [0, 0.1) is 23.3 Å². The molecule has 0 aliphatic heterocycles. The standard InChI is InChI=1S/C15H12F4N2O/c16-9-1-4-14(13(19)7-9)21-15(22)5-6-20-10-2-3-11(17)12(18)8-10/h1-4,7-8,20H,5-6H2,(H,21,22). The van der Waals surface area contributed by atoms with Crippen LogP contribution in [-0.2, 0) is 4.79 Å². The molecule has 0 unspecified atom stereocenters. The lowest BCUT2D eigenvalue weighted by atomic mass is 10.2. The number of carbonyl (C=O) groups is 1. The van der Waals surface area contributed by atoms with Crippen molar-refractivity contribution in [3.8, 4) is 0 Å². The average Bonchev–Trinajstić information content (AvgIpc) is 2.46. The topological polar surface area (TPSA) is 41.1 Å². The van der Waals surface area contributed by atoms with Crippen LogP contribution in [0.25, 0.3) is 0 Å². The molecule has 0 aliphatic rings. The molecule has 0 aliphatic carbocycles. The number of nitrogens with one attached hydrogen (secondary N) is 2. The molecule has 0 heterocycles. The highest BCUT2D eigenvalue weighted by Gasteiger charge is 2.08. The first-order chi connectivity index (χ1) is 10.5. The van der Waals surface area contributed by atoms with Gasteiger partial charge in [-0.05, 0) is 30.3 Å². The maximum atomic E-state index is 13.3. The van der Waals surface area contributed by atoms with Crippen LogP contribution >= 0.6 is 0 Å². The van der Waals surface area contributed by atoms with Crippen molar-refractivity contribution in [2.75, 3.05) is 17.2 Å². The van der Waals surface area contributed by atoms with Crippen LogP contribution in [0.2, 0.25) is 0 Å². The Bertz CT molecular complexity index is 691. The van der Waals surface area contributed by atoms with Gasteiger partial charge in [0.15, 0.2) is 11.6 Å². The number of benzene rings is 2. The zero-order chi connectivity index (χ0) is 16.1. The van der Waals surface area contributed by atoms with Gasteiger partial charge in [0.1, 0.15) is 11.6 Å².